The zero-order valence-electron chi connectivity index (χ0n) is 25.1. The van der Waals surface area contributed by atoms with Crippen molar-refractivity contribution in [2.75, 3.05) is 0 Å². The molecular weight excluding hydrogens is 556 g/mol. The maximum absolute atomic E-state index is 13.7. The Morgan fingerprint density at radius 1 is 0.489 bits per heavy atom. The zero-order chi connectivity index (χ0) is 30.8. The van der Waals surface area contributed by atoms with E-state index >= 15 is 0 Å². The summed E-state index contributed by atoms with van der Waals surface area (Å²) >= 11 is 0. The predicted molar refractivity (Wildman–Crippen MR) is 182 cm³/mol. The fourth-order valence-electron chi connectivity index (χ4n) is 6.04. The lowest BCUT2D eigenvalue weighted by atomic mass is 9.97. The van der Waals surface area contributed by atoms with Crippen molar-refractivity contribution in [2.24, 2.45) is 0 Å². The molecule has 0 bridgehead atoms. The highest BCUT2D eigenvalue weighted by Gasteiger charge is 2.22. The van der Waals surface area contributed by atoms with Gasteiger partial charge in [-0.3, -0.25) is 0 Å². The molecule has 0 saturated carbocycles. The minimum atomic E-state index is -0.444. The van der Waals surface area contributed by atoms with E-state index in [4.69, 9.17) is 9.47 Å². The van der Waals surface area contributed by atoms with Crippen LogP contribution in [0.15, 0.2) is 127 Å². The summed E-state index contributed by atoms with van der Waals surface area (Å²) in [5.74, 6) is 0.0237. The summed E-state index contributed by atoms with van der Waals surface area (Å²) < 4.78 is 12.5. The molecule has 7 aromatic carbocycles. The minimum Gasteiger partial charge on any atom is -0.422 e. The molecule has 0 heterocycles. The first-order valence-corrected chi connectivity index (χ1v) is 15.5. The van der Waals surface area contributed by atoms with Crippen LogP contribution >= 0.6 is 0 Å². The molecule has 0 N–H and O–H groups in total. The van der Waals surface area contributed by atoms with Crippen molar-refractivity contribution >= 4 is 55.0 Å². The van der Waals surface area contributed by atoms with E-state index in [9.17, 15) is 9.59 Å². The summed E-state index contributed by atoms with van der Waals surface area (Å²) in [5, 5.41) is 6.88. The zero-order valence-corrected chi connectivity index (χ0v) is 25.1. The first-order valence-electron chi connectivity index (χ1n) is 15.5. The number of benzene rings is 7. The van der Waals surface area contributed by atoms with Gasteiger partial charge in [-0.05, 0) is 70.3 Å². The molecule has 0 saturated heterocycles. The van der Waals surface area contributed by atoms with Gasteiger partial charge in [0.15, 0.2) is 0 Å². The topological polar surface area (TPSA) is 52.6 Å². The Hall–Kier alpha value is -5.48. The van der Waals surface area contributed by atoms with Crippen LogP contribution in [-0.4, -0.2) is 11.9 Å². The average Bonchev–Trinajstić information content (AvgIpc) is 3.09. The van der Waals surface area contributed by atoms with Gasteiger partial charge in [-0.1, -0.05) is 117 Å². The molecule has 0 aliphatic rings. The number of fused-ring (bicyclic) bond motifs is 4. The van der Waals surface area contributed by atoms with Crippen molar-refractivity contribution in [3.8, 4) is 11.5 Å². The number of aryl methyl sites for hydroxylation is 1. The Labute approximate surface area is 261 Å². The average molecular weight is 589 g/mol. The van der Waals surface area contributed by atoms with E-state index in [-0.39, 0.29) is 0 Å². The molecule has 0 atom stereocenters. The van der Waals surface area contributed by atoms with Crippen LogP contribution in [0, 0.1) is 0 Å². The Morgan fingerprint density at radius 2 is 0.978 bits per heavy atom. The van der Waals surface area contributed by atoms with Crippen LogP contribution in [-0.2, 0) is 6.42 Å². The lowest BCUT2D eigenvalue weighted by Crippen LogP contribution is -2.11. The molecule has 0 spiro atoms. The highest BCUT2D eigenvalue weighted by atomic mass is 16.5. The number of carbonyl (C=O) groups excluding carboxylic acids is 2. The molecule has 0 fully saturated rings. The summed E-state index contributed by atoms with van der Waals surface area (Å²) in [4.78, 5) is 27.3. The highest BCUT2D eigenvalue weighted by molar-refractivity contribution is 6.14. The summed E-state index contributed by atoms with van der Waals surface area (Å²) in [5.41, 5.74) is 2.08. The Morgan fingerprint density at radius 3 is 1.53 bits per heavy atom. The van der Waals surface area contributed by atoms with Gasteiger partial charge in [0, 0.05) is 21.5 Å². The largest absolute Gasteiger partial charge is 0.422 e. The van der Waals surface area contributed by atoms with Crippen molar-refractivity contribution in [3.05, 3.63) is 144 Å². The second kappa shape index (κ2) is 12.3. The van der Waals surface area contributed by atoms with Crippen LogP contribution in [0.5, 0.6) is 11.5 Å². The van der Waals surface area contributed by atoms with E-state index in [1.54, 1.807) is 12.1 Å². The number of ether oxygens (including phenoxy) is 2. The molecule has 0 aromatic heterocycles. The van der Waals surface area contributed by atoms with Gasteiger partial charge >= 0.3 is 11.9 Å². The van der Waals surface area contributed by atoms with Gasteiger partial charge in [-0.2, -0.15) is 0 Å². The van der Waals surface area contributed by atoms with E-state index in [1.807, 2.05) is 103 Å². The van der Waals surface area contributed by atoms with Crippen molar-refractivity contribution in [1.29, 1.82) is 0 Å². The number of carbonyl (C=O) groups is 2. The Balaban J connectivity index is 1.35. The number of rotatable bonds is 8. The second-order valence-electron chi connectivity index (χ2n) is 11.4. The molecule has 4 nitrogen and oxygen atoms in total. The molecule has 7 rings (SSSR count). The molecule has 0 aliphatic heterocycles. The van der Waals surface area contributed by atoms with Gasteiger partial charge in [0.1, 0.15) is 11.5 Å². The molecule has 45 heavy (non-hydrogen) atoms. The van der Waals surface area contributed by atoms with E-state index < -0.39 is 11.9 Å². The summed E-state index contributed by atoms with van der Waals surface area (Å²) in [6, 6.07) is 40.8. The van der Waals surface area contributed by atoms with Crippen LogP contribution < -0.4 is 9.47 Å². The fourth-order valence-corrected chi connectivity index (χ4v) is 6.04. The van der Waals surface area contributed by atoms with Gasteiger partial charge in [0.05, 0.1) is 11.1 Å². The van der Waals surface area contributed by atoms with Crippen LogP contribution in [0.4, 0.5) is 0 Å². The Bertz CT molecular complexity index is 2230. The number of unbranched alkanes of at least 4 members (excludes halogenated alkanes) is 2. The van der Waals surface area contributed by atoms with E-state index in [1.165, 1.54) is 0 Å². The minimum absolute atomic E-state index is 0.440. The Kier molecular flexibility index (Phi) is 7.71. The van der Waals surface area contributed by atoms with Crippen molar-refractivity contribution in [3.63, 3.8) is 0 Å². The van der Waals surface area contributed by atoms with Crippen LogP contribution in [0.2, 0.25) is 0 Å². The summed E-state index contributed by atoms with van der Waals surface area (Å²) in [7, 11) is 0. The van der Waals surface area contributed by atoms with E-state index in [2.05, 4.69) is 19.1 Å². The third-order valence-corrected chi connectivity index (χ3v) is 8.42. The smallest absolute Gasteiger partial charge is 0.343 e. The summed E-state index contributed by atoms with van der Waals surface area (Å²) in [6.45, 7) is 2.19. The lowest BCUT2D eigenvalue weighted by Gasteiger charge is -2.17. The van der Waals surface area contributed by atoms with Crippen LogP contribution in [0.1, 0.15) is 52.5 Å². The maximum Gasteiger partial charge on any atom is 0.343 e. The molecule has 0 amide bonds. The normalized spacial score (nSPS) is 11.3. The van der Waals surface area contributed by atoms with Crippen molar-refractivity contribution in [1.82, 2.24) is 0 Å². The summed E-state index contributed by atoms with van der Waals surface area (Å²) in [6.07, 6.45) is 4.22. The van der Waals surface area contributed by atoms with Crippen LogP contribution in [0.3, 0.4) is 0 Å². The molecule has 7 aromatic rings. The standard InChI is InChI=1S/C41H32O4/c1-2-3-4-11-27-18-23-36-37(24-27)39(45-41(43)33-22-20-29-13-6-8-15-31(29)26-33)35-17-10-9-16-34(35)38(36)44-40(42)32-21-19-28-12-5-7-14-30(28)25-32/h5-10,12-26H,2-4,11H2,1H3. The van der Waals surface area contributed by atoms with Gasteiger partial charge in [0.2, 0.25) is 0 Å². The fraction of sp³-hybridized carbons (Fsp3) is 0.122. The van der Waals surface area contributed by atoms with Gasteiger partial charge in [-0.15, -0.1) is 0 Å². The highest BCUT2D eigenvalue weighted by Crippen LogP contribution is 2.44. The second-order valence-corrected chi connectivity index (χ2v) is 11.4. The van der Waals surface area contributed by atoms with Gasteiger partial charge in [-0.25, -0.2) is 9.59 Å². The van der Waals surface area contributed by atoms with E-state index in [0.29, 0.717) is 38.8 Å². The van der Waals surface area contributed by atoms with Crippen molar-refractivity contribution in [2.45, 2.75) is 32.6 Å². The molecule has 0 aliphatic carbocycles. The van der Waals surface area contributed by atoms with E-state index in [0.717, 1.165) is 58.2 Å². The first kappa shape index (κ1) is 28.3. The number of esters is 2. The third kappa shape index (κ3) is 5.63. The third-order valence-electron chi connectivity index (χ3n) is 8.42. The molecule has 0 radical (unpaired) electrons. The number of hydrogen-bond acceptors (Lipinski definition) is 4. The molecule has 4 heteroatoms. The van der Waals surface area contributed by atoms with Gasteiger partial charge < -0.3 is 9.47 Å². The molecule has 220 valence electrons. The number of hydrogen-bond donors (Lipinski definition) is 0. The lowest BCUT2D eigenvalue weighted by molar-refractivity contribution is 0.0726. The SMILES string of the molecule is CCCCCc1ccc2c(OC(=O)c3ccc4ccccc4c3)c3ccccc3c(OC(=O)c3ccc4ccccc4c3)c2c1. The van der Waals surface area contributed by atoms with Crippen LogP contribution in [0.25, 0.3) is 43.1 Å². The molecular formula is C41H32O4. The molecule has 0 unspecified atom stereocenters. The quantitative estimate of drug-likeness (QED) is 0.0767. The first-order chi connectivity index (χ1) is 22.1. The van der Waals surface area contributed by atoms with Gasteiger partial charge in [0.25, 0.3) is 0 Å². The monoisotopic (exact) mass is 588 g/mol. The predicted octanol–water partition coefficient (Wildman–Crippen LogP) is 10.5. The maximum atomic E-state index is 13.7. The van der Waals surface area contributed by atoms with Crippen molar-refractivity contribution < 1.29 is 19.1 Å².